The molecule has 3 N–H and O–H groups in total. The third-order valence-corrected chi connectivity index (χ3v) is 2.85. The summed E-state index contributed by atoms with van der Waals surface area (Å²) in [7, 11) is 0. The fourth-order valence-corrected chi connectivity index (χ4v) is 1.96. The van der Waals surface area contributed by atoms with Crippen molar-refractivity contribution < 1.29 is 14.6 Å². The summed E-state index contributed by atoms with van der Waals surface area (Å²) in [6.07, 6.45) is 0. The Balaban J connectivity index is 3.45. The van der Waals surface area contributed by atoms with Gasteiger partial charge in [-0.05, 0) is 12.0 Å². The SMILES string of the molecule is CC(C)C(C(=O)NN)c1ccc([N+](=O)[O-])cc1[N+](=O)[O-]. The first-order valence-electron chi connectivity index (χ1n) is 5.72. The van der Waals surface area contributed by atoms with Crippen molar-refractivity contribution >= 4 is 17.3 Å². The van der Waals surface area contributed by atoms with Crippen LogP contribution >= 0.6 is 0 Å². The van der Waals surface area contributed by atoms with Crippen LogP contribution in [0.4, 0.5) is 11.4 Å². The molecule has 1 atom stereocenters. The molecule has 1 unspecified atom stereocenters. The molecule has 0 aliphatic rings. The van der Waals surface area contributed by atoms with E-state index in [0.29, 0.717) is 0 Å². The van der Waals surface area contributed by atoms with Crippen molar-refractivity contribution in [2.45, 2.75) is 19.8 Å². The van der Waals surface area contributed by atoms with Gasteiger partial charge < -0.3 is 0 Å². The number of nitrogens with one attached hydrogen (secondary N) is 1. The molecule has 1 rings (SSSR count). The van der Waals surface area contributed by atoms with Crippen LogP contribution in [0.2, 0.25) is 0 Å². The normalized spacial score (nSPS) is 12.0. The monoisotopic (exact) mass is 282 g/mol. The molecular weight excluding hydrogens is 268 g/mol. The van der Waals surface area contributed by atoms with Gasteiger partial charge in [0.1, 0.15) is 0 Å². The zero-order chi connectivity index (χ0) is 15.4. The molecule has 108 valence electrons. The van der Waals surface area contributed by atoms with Crippen molar-refractivity contribution in [3.8, 4) is 0 Å². The highest BCUT2D eigenvalue weighted by Crippen LogP contribution is 2.34. The van der Waals surface area contributed by atoms with Crippen LogP contribution in [0, 0.1) is 26.1 Å². The fourth-order valence-electron chi connectivity index (χ4n) is 1.96. The predicted octanol–water partition coefficient (Wildman–Crippen LogP) is 1.23. The van der Waals surface area contributed by atoms with Crippen LogP contribution in [0.25, 0.3) is 0 Å². The summed E-state index contributed by atoms with van der Waals surface area (Å²) in [5.74, 6) is 3.36. The lowest BCUT2D eigenvalue weighted by molar-refractivity contribution is -0.394. The first kappa shape index (κ1) is 15.5. The molecule has 1 aromatic rings. The number of amides is 1. The Kier molecular flexibility index (Phi) is 4.70. The molecule has 0 aliphatic carbocycles. The smallest absolute Gasteiger partial charge is 0.280 e. The Bertz CT molecular complexity index is 558. The quantitative estimate of drug-likeness (QED) is 0.360. The van der Waals surface area contributed by atoms with Crippen LogP contribution in [0.15, 0.2) is 18.2 Å². The second kappa shape index (κ2) is 6.06. The van der Waals surface area contributed by atoms with Gasteiger partial charge in [0.15, 0.2) is 0 Å². The van der Waals surface area contributed by atoms with E-state index in [1.54, 1.807) is 13.8 Å². The van der Waals surface area contributed by atoms with E-state index in [-0.39, 0.29) is 11.5 Å². The van der Waals surface area contributed by atoms with Gasteiger partial charge in [-0.15, -0.1) is 0 Å². The highest BCUT2D eigenvalue weighted by molar-refractivity contribution is 5.84. The van der Waals surface area contributed by atoms with Gasteiger partial charge in [0.2, 0.25) is 5.91 Å². The maximum Gasteiger partial charge on any atom is 0.280 e. The van der Waals surface area contributed by atoms with Crippen molar-refractivity contribution in [3.05, 3.63) is 44.0 Å². The van der Waals surface area contributed by atoms with E-state index in [9.17, 15) is 25.0 Å². The summed E-state index contributed by atoms with van der Waals surface area (Å²) >= 11 is 0. The zero-order valence-corrected chi connectivity index (χ0v) is 10.9. The van der Waals surface area contributed by atoms with E-state index < -0.39 is 33.0 Å². The molecule has 0 radical (unpaired) electrons. The van der Waals surface area contributed by atoms with Gasteiger partial charge >= 0.3 is 0 Å². The van der Waals surface area contributed by atoms with Gasteiger partial charge in [0.25, 0.3) is 11.4 Å². The van der Waals surface area contributed by atoms with Gasteiger partial charge in [-0.1, -0.05) is 13.8 Å². The lowest BCUT2D eigenvalue weighted by Gasteiger charge is -2.19. The average molecular weight is 282 g/mol. The molecule has 0 aromatic heterocycles. The largest absolute Gasteiger partial charge is 0.294 e. The lowest BCUT2D eigenvalue weighted by Crippen LogP contribution is -2.37. The molecular formula is C11H14N4O5. The average Bonchev–Trinajstić information content (AvgIpc) is 2.38. The van der Waals surface area contributed by atoms with E-state index in [1.165, 1.54) is 6.07 Å². The Hall–Kier alpha value is -2.55. The molecule has 1 aromatic carbocycles. The lowest BCUT2D eigenvalue weighted by atomic mass is 9.86. The molecule has 0 spiro atoms. The second-order valence-electron chi connectivity index (χ2n) is 4.49. The van der Waals surface area contributed by atoms with Gasteiger partial charge in [-0.25, -0.2) is 5.84 Å². The van der Waals surface area contributed by atoms with E-state index >= 15 is 0 Å². The molecule has 0 heterocycles. The highest BCUT2D eigenvalue weighted by Gasteiger charge is 2.31. The van der Waals surface area contributed by atoms with E-state index in [2.05, 4.69) is 0 Å². The minimum atomic E-state index is -0.860. The fraction of sp³-hybridized carbons (Fsp3) is 0.364. The first-order chi connectivity index (χ1) is 9.29. The van der Waals surface area contributed by atoms with Crippen LogP contribution in [-0.4, -0.2) is 15.8 Å². The number of carbonyl (C=O) groups is 1. The number of nitrogens with zero attached hydrogens (tertiary/aromatic N) is 2. The van der Waals surface area contributed by atoms with E-state index in [0.717, 1.165) is 12.1 Å². The van der Waals surface area contributed by atoms with Crippen molar-refractivity contribution in [1.82, 2.24) is 5.43 Å². The van der Waals surface area contributed by atoms with Gasteiger partial charge in [-0.3, -0.25) is 30.4 Å². The van der Waals surface area contributed by atoms with Crippen molar-refractivity contribution in [2.75, 3.05) is 0 Å². The summed E-state index contributed by atoms with van der Waals surface area (Å²) in [6, 6.07) is 3.19. The maximum absolute atomic E-state index is 11.8. The summed E-state index contributed by atoms with van der Waals surface area (Å²) < 4.78 is 0. The Morgan fingerprint density at radius 3 is 2.25 bits per heavy atom. The second-order valence-corrected chi connectivity index (χ2v) is 4.49. The van der Waals surface area contributed by atoms with Gasteiger partial charge in [0.05, 0.1) is 21.8 Å². The van der Waals surface area contributed by atoms with Crippen LogP contribution in [0.1, 0.15) is 25.3 Å². The summed E-state index contributed by atoms with van der Waals surface area (Å²) in [6.45, 7) is 3.40. The minimum absolute atomic E-state index is 0.0959. The number of non-ortho nitro benzene ring substituents is 1. The van der Waals surface area contributed by atoms with Crippen molar-refractivity contribution in [3.63, 3.8) is 0 Å². The Morgan fingerprint density at radius 1 is 1.25 bits per heavy atom. The number of benzene rings is 1. The number of hydrazine groups is 1. The molecule has 9 heteroatoms. The van der Waals surface area contributed by atoms with E-state index in [1.807, 2.05) is 5.43 Å². The number of nitrogens with two attached hydrogens (primary N) is 1. The third kappa shape index (κ3) is 3.06. The number of rotatable bonds is 5. The Morgan fingerprint density at radius 2 is 1.85 bits per heavy atom. The Labute approximate surface area is 114 Å². The number of hydrogen-bond acceptors (Lipinski definition) is 6. The number of nitro groups is 2. The van der Waals surface area contributed by atoms with E-state index in [4.69, 9.17) is 5.84 Å². The molecule has 9 nitrogen and oxygen atoms in total. The number of hydrogen-bond donors (Lipinski definition) is 2. The molecule has 20 heavy (non-hydrogen) atoms. The van der Waals surface area contributed by atoms with Gasteiger partial charge in [-0.2, -0.15) is 0 Å². The minimum Gasteiger partial charge on any atom is -0.294 e. The highest BCUT2D eigenvalue weighted by atomic mass is 16.6. The van der Waals surface area contributed by atoms with Crippen molar-refractivity contribution in [1.29, 1.82) is 0 Å². The molecule has 0 fully saturated rings. The van der Waals surface area contributed by atoms with Crippen LogP contribution < -0.4 is 11.3 Å². The summed E-state index contributed by atoms with van der Waals surface area (Å²) in [5.41, 5.74) is 1.17. The standard InChI is InChI=1S/C11H14N4O5/c1-6(2)10(11(16)13-12)8-4-3-7(14(17)18)5-9(8)15(19)20/h3-6,10H,12H2,1-2H3,(H,13,16). The van der Waals surface area contributed by atoms with Crippen molar-refractivity contribution in [2.24, 2.45) is 11.8 Å². The predicted molar refractivity (Wildman–Crippen MR) is 69.7 cm³/mol. The molecule has 0 aliphatic heterocycles. The third-order valence-electron chi connectivity index (χ3n) is 2.85. The molecule has 0 saturated carbocycles. The molecule has 1 amide bonds. The zero-order valence-electron chi connectivity index (χ0n) is 10.9. The maximum atomic E-state index is 11.8. The van der Waals surface area contributed by atoms with Crippen LogP contribution in [-0.2, 0) is 4.79 Å². The summed E-state index contributed by atoms with van der Waals surface area (Å²) in [5, 5.41) is 21.7. The number of nitro benzene ring substituents is 2. The molecule has 0 saturated heterocycles. The first-order valence-corrected chi connectivity index (χ1v) is 5.72. The van der Waals surface area contributed by atoms with Crippen LogP contribution in [0.5, 0.6) is 0 Å². The van der Waals surface area contributed by atoms with Gasteiger partial charge in [0, 0.05) is 11.6 Å². The topological polar surface area (TPSA) is 141 Å². The summed E-state index contributed by atoms with van der Waals surface area (Å²) in [4.78, 5) is 32.0. The number of carbonyl (C=O) groups excluding carboxylic acids is 1. The molecule has 0 bridgehead atoms. The van der Waals surface area contributed by atoms with Crippen LogP contribution in [0.3, 0.4) is 0 Å².